The molecule has 0 aliphatic heterocycles. The van der Waals surface area contributed by atoms with Crippen molar-refractivity contribution in [3.05, 3.63) is 65.8 Å². The zero-order valence-electron chi connectivity index (χ0n) is 10.9. The summed E-state index contributed by atoms with van der Waals surface area (Å²) in [6.45, 7) is 3.80. The Morgan fingerprint density at radius 2 is 2.05 bits per heavy atom. The molecular formula is C15H15N3O. The van der Waals surface area contributed by atoms with Crippen molar-refractivity contribution in [2.45, 2.75) is 13.8 Å². The lowest BCUT2D eigenvalue weighted by molar-refractivity contribution is 0.104. The fraction of sp³-hybridized carbons (Fsp3) is 0.133. The fourth-order valence-corrected chi connectivity index (χ4v) is 1.63. The Morgan fingerprint density at radius 3 is 2.74 bits per heavy atom. The number of hydrogen-bond donors (Lipinski definition) is 1. The molecule has 0 atom stereocenters. The average molecular weight is 253 g/mol. The molecule has 0 saturated carbocycles. The average Bonchev–Trinajstić information content (AvgIpc) is 2.42. The molecule has 4 heteroatoms. The Labute approximate surface area is 112 Å². The molecule has 0 aliphatic rings. The highest BCUT2D eigenvalue weighted by Gasteiger charge is 2.04. The van der Waals surface area contributed by atoms with Crippen LogP contribution in [0, 0.1) is 6.92 Å². The molecule has 0 radical (unpaired) electrons. The lowest BCUT2D eigenvalue weighted by Crippen LogP contribution is -2.03. The molecule has 0 saturated heterocycles. The number of nitrogens with one attached hydrogen (secondary N) is 1. The van der Waals surface area contributed by atoms with Gasteiger partial charge in [0.1, 0.15) is 5.82 Å². The molecule has 2 rings (SSSR count). The number of aromatic nitrogens is 2. The molecule has 0 fully saturated rings. The molecule has 0 spiro atoms. The molecule has 0 amide bonds. The van der Waals surface area contributed by atoms with Crippen molar-refractivity contribution >= 4 is 11.6 Å². The largest absolute Gasteiger partial charge is 0.344 e. The predicted molar refractivity (Wildman–Crippen MR) is 74.9 cm³/mol. The van der Waals surface area contributed by atoms with E-state index in [1.165, 1.54) is 0 Å². The van der Waals surface area contributed by atoms with E-state index in [4.69, 9.17) is 0 Å². The number of nitrogens with zero attached hydrogens (tertiary/aromatic N) is 2. The first-order valence-electron chi connectivity index (χ1n) is 5.98. The highest BCUT2D eigenvalue weighted by atomic mass is 16.1. The molecule has 96 valence electrons. The lowest BCUT2D eigenvalue weighted by atomic mass is 10.1. The summed E-state index contributed by atoms with van der Waals surface area (Å²) in [5, 5.41) is 3.12. The van der Waals surface area contributed by atoms with Crippen LogP contribution in [0.2, 0.25) is 0 Å². The van der Waals surface area contributed by atoms with Gasteiger partial charge in [-0.3, -0.25) is 9.78 Å². The number of carbonyl (C=O) groups is 1. The van der Waals surface area contributed by atoms with Crippen LogP contribution in [0.4, 0.5) is 5.82 Å². The van der Waals surface area contributed by atoms with E-state index in [1.807, 2.05) is 26.0 Å². The van der Waals surface area contributed by atoms with Crippen LogP contribution in [-0.2, 0) is 0 Å². The Hall–Kier alpha value is -2.49. The van der Waals surface area contributed by atoms with Crippen LogP contribution < -0.4 is 5.32 Å². The SMILES string of the molecule is C/C(=C\C(=O)c1cccnc1)Nc1ncccc1C. The van der Waals surface area contributed by atoms with Gasteiger partial charge in [-0.25, -0.2) is 4.98 Å². The highest BCUT2D eigenvalue weighted by Crippen LogP contribution is 2.12. The maximum atomic E-state index is 12.0. The van der Waals surface area contributed by atoms with Crippen molar-refractivity contribution in [3.63, 3.8) is 0 Å². The van der Waals surface area contributed by atoms with Gasteiger partial charge >= 0.3 is 0 Å². The van der Waals surface area contributed by atoms with Crippen LogP contribution in [-0.4, -0.2) is 15.8 Å². The smallest absolute Gasteiger partial charge is 0.189 e. The van der Waals surface area contributed by atoms with Crippen molar-refractivity contribution in [3.8, 4) is 0 Å². The van der Waals surface area contributed by atoms with Gasteiger partial charge in [0, 0.05) is 35.9 Å². The Kier molecular flexibility index (Phi) is 4.03. The predicted octanol–water partition coefficient (Wildman–Crippen LogP) is 2.98. The number of rotatable bonds is 4. The number of anilines is 1. The molecule has 2 aromatic heterocycles. The maximum Gasteiger partial charge on any atom is 0.189 e. The minimum atomic E-state index is -0.0771. The lowest BCUT2D eigenvalue weighted by Gasteiger charge is -2.07. The summed E-state index contributed by atoms with van der Waals surface area (Å²) in [6.07, 6.45) is 6.46. The monoisotopic (exact) mass is 253 g/mol. The van der Waals surface area contributed by atoms with E-state index >= 15 is 0 Å². The zero-order valence-corrected chi connectivity index (χ0v) is 10.9. The van der Waals surface area contributed by atoms with Crippen LogP contribution in [0.3, 0.4) is 0 Å². The van der Waals surface area contributed by atoms with Crippen LogP contribution in [0.1, 0.15) is 22.8 Å². The van der Waals surface area contributed by atoms with E-state index < -0.39 is 0 Å². The Bertz CT molecular complexity index is 606. The fourth-order valence-electron chi connectivity index (χ4n) is 1.63. The van der Waals surface area contributed by atoms with Crippen LogP contribution >= 0.6 is 0 Å². The van der Waals surface area contributed by atoms with Gasteiger partial charge in [-0.1, -0.05) is 6.07 Å². The Balaban J connectivity index is 2.12. The molecular weight excluding hydrogens is 238 g/mol. The topological polar surface area (TPSA) is 54.9 Å². The van der Waals surface area contributed by atoms with Crippen LogP contribution in [0.25, 0.3) is 0 Å². The second-order valence-corrected chi connectivity index (χ2v) is 4.23. The molecule has 0 bridgehead atoms. The van der Waals surface area contributed by atoms with Gasteiger partial charge in [0.2, 0.25) is 0 Å². The molecule has 2 heterocycles. The molecule has 4 nitrogen and oxygen atoms in total. The van der Waals surface area contributed by atoms with Crippen LogP contribution in [0.5, 0.6) is 0 Å². The summed E-state index contributed by atoms with van der Waals surface area (Å²) >= 11 is 0. The molecule has 1 N–H and O–H groups in total. The summed E-state index contributed by atoms with van der Waals surface area (Å²) in [6, 6.07) is 7.32. The van der Waals surface area contributed by atoms with Gasteiger partial charge in [-0.15, -0.1) is 0 Å². The number of aryl methyl sites for hydroxylation is 1. The minimum absolute atomic E-state index is 0.0771. The summed E-state index contributed by atoms with van der Waals surface area (Å²) in [7, 11) is 0. The van der Waals surface area contributed by atoms with Gasteiger partial charge < -0.3 is 5.32 Å². The third-order valence-electron chi connectivity index (χ3n) is 2.62. The van der Waals surface area contributed by atoms with Gasteiger partial charge in [-0.05, 0) is 37.6 Å². The van der Waals surface area contributed by atoms with Gasteiger partial charge in [0.25, 0.3) is 0 Å². The van der Waals surface area contributed by atoms with E-state index in [1.54, 1.807) is 36.8 Å². The van der Waals surface area contributed by atoms with Gasteiger partial charge in [-0.2, -0.15) is 0 Å². The molecule has 19 heavy (non-hydrogen) atoms. The first-order chi connectivity index (χ1) is 9.16. The molecule has 0 unspecified atom stereocenters. The van der Waals surface area contributed by atoms with Crippen molar-refractivity contribution in [2.75, 3.05) is 5.32 Å². The number of hydrogen-bond acceptors (Lipinski definition) is 4. The summed E-state index contributed by atoms with van der Waals surface area (Å²) in [5.41, 5.74) is 2.35. The molecule has 0 aromatic carbocycles. The first-order valence-corrected chi connectivity index (χ1v) is 5.98. The van der Waals surface area contributed by atoms with Crippen molar-refractivity contribution < 1.29 is 4.79 Å². The van der Waals surface area contributed by atoms with Crippen molar-refractivity contribution in [1.29, 1.82) is 0 Å². The van der Waals surface area contributed by atoms with Crippen molar-refractivity contribution in [2.24, 2.45) is 0 Å². The van der Waals surface area contributed by atoms with E-state index in [-0.39, 0.29) is 5.78 Å². The van der Waals surface area contributed by atoms with E-state index in [0.29, 0.717) is 5.56 Å². The molecule has 0 aliphatic carbocycles. The van der Waals surface area contributed by atoms with Crippen LogP contribution in [0.15, 0.2) is 54.6 Å². The quantitative estimate of drug-likeness (QED) is 0.672. The number of carbonyl (C=O) groups excluding carboxylic acids is 1. The third-order valence-corrected chi connectivity index (χ3v) is 2.62. The zero-order chi connectivity index (χ0) is 13.7. The summed E-state index contributed by atoms with van der Waals surface area (Å²) in [5.74, 6) is 0.682. The van der Waals surface area contributed by atoms with Gasteiger partial charge in [0.05, 0.1) is 0 Å². The number of allylic oxidation sites excluding steroid dienone is 2. The minimum Gasteiger partial charge on any atom is -0.344 e. The Morgan fingerprint density at radius 1 is 1.26 bits per heavy atom. The molecule has 2 aromatic rings. The van der Waals surface area contributed by atoms with E-state index in [2.05, 4.69) is 15.3 Å². The first kappa shape index (κ1) is 13.0. The standard InChI is InChI=1S/C15H15N3O/c1-11-5-3-8-17-15(11)18-12(2)9-14(19)13-6-4-7-16-10-13/h3-10H,1-2H3,(H,17,18)/b12-9+. The summed E-state index contributed by atoms with van der Waals surface area (Å²) < 4.78 is 0. The second kappa shape index (κ2) is 5.91. The maximum absolute atomic E-state index is 12.0. The highest BCUT2D eigenvalue weighted by molar-refractivity contribution is 6.04. The third kappa shape index (κ3) is 3.48. The van der Waals surface area contributed by atoms with Gasteiger partial charge in [0.15, 0.2) is 5.78 Å². The van der Waals surface area contributed by atoms with E-state index in [0.717, 1.165) is 17.1 Å². The number of pyridine rings is 2. The normalized spacial score (nSPS) is 11.2. The van der Waals surface area contributed by atoms with Crippen molar-refractivity contribution in [1.82, 2.24) is 9.97 Å². The van der Waals surface area contributed by atoms with E-state index in [9.17, 15) is 4.79 Å². The number of ketones is 1. The summed E-state index contributed by atoms with van der Waals surface area (Å²) in [4.78, 5) is 20.1. The second-order valence-electron chi connectivity index (χ2n) is 4.23.